The summed E-state index contributed by atoms with van der Waals surface area (Å²) >= 11 is 1.04. The van der Waals surface area contributed by atoms with Crippen LogP contribution in [0.25, 0.3) is 0 Å². The molecule has 10 heteroatoms. The van der Waals surface area contributed by atoms with Crippen molar-refractivity contribution in [1.82, 2.24) is 20.2 Å². The van der Waals surface area contributed by atoms with Gasteiger partial charge in [0.05, 0.1) is 0 Å². The van der Waals surface area contributed by atoms with Crippen molar-refractivity contribution in [2.75, 3.05) is 37.0 Å². The van der Waals surface area contributed by atoms with Gasteiger partial charge in [0, 0.05) is 38.5 Å². The molecule has 1 aliphatic rings. The number of thiazole rings is 1. The molecule has 1 aliphatic heterocycles. The quantitative estimate of drug-likeness (QED) is 0.926. The molecule has 0 amide bonds. The highest BCUT2D eigenvalue weighted by Crippen LogP contribution is 2.35. The van der Waals surface area contributed by atoms with Crippen molar-refractivity contribution in [3.8, 4) is 0 Å². The summed E-state index contributed by atoms with van der Waals surface area (Å²) in [6.45, 7) is 1.32. The SMILES string of the molecule is CN(C)c1n[nH]c(C2CCN(c3nc(C(F)(F)F)cs3)CC2)n1. The van der Waals surface area contributed by atoms with Crippen LogP contribution in [0.5, 0.6) is 0 Å². The third kappa shape index (κ3) is 3.41. The second-order valence-electron chi connectivity index (χ2n) is 5.69. The first-order valence-electron chi connectivity index (χ1n) is 7.22. The maximum Gasteiger partial charge on any atom is 0.434 e. The first kappa shape index (κ1) is 16.0. The highest BCUT2D eigenvalue weighted by atomic mass is 32.1. The monoisotopic (exact) mass is 346 g/mol. The number of anilines is 2. The van der Waals surface area contributed by atoms with Crippen LogP contribution in [0, 0.1) is 0 Å². The number of nitrogens with zero attached hydrogens (tertiary/aromatic N) is 5. The van der Waals surface area contributed by atoms with Gasteiger partial charge in [-0.1, -0.05) is 0 Å². The summed E-state index contributed by atoms with van der Waals surface area (Å²) in [5.41, 5.74) is -0.814. The third-order valence-electron chi connectivity index (χ3n) is 3.83. The van der Waals surface area contributed by atoms with Crippen molar-refractivity contribution in [3.05, 3.63) is 16.9 Å². The Kier molecular flexibility index (Phi) is 4.17. The van der Waals surface area contributed by atoms with Gasteiger partial charge in [-0.15, -0.1) is 16.4 Å². The molecule has 0 unspecified atom stereocenters. The summed E-state index contributed by atoms with van der Waals surface area (Å²) in [5, 5.41) is 8.60. The smallest absolute Gasteiger partial charge is 0.348 e. The van der Waals surface area contributed by atoms with Crippen LogP contribution in [0.15, 0.2) is 5.38 Å². The van der Waals surface area contributed by atoms with Crippen molar-refractivity contribution >= 4 is 22.4 Å². The fraction of sp³-hybridized carbons (Fsp3) is 0.615. The second-order valence-corrected chi connectivity index (χ2v) is 6.53. The Labute approximate surface area is 135 Å². The summed E-state index contributed by atoms with van der Waals surface area (Å²) in [6, 6.07) is 0. The summed E-state index contributed by atoms with van der Waals surface area (Å²) in [4.78, 5) is 11.9. The van der Waals surface area contributed by atoms with Crippen molar-refractivity contribution in [3.63, 3.8) is 0 Å². The van der Waals surface area contributed by atoms with Gasteiger partial charge in [-0.2, -0.15) is 18.2 Å². The van der Waals surface area contributed by atoms with Gasteiger partial charge >= 0.3 is 6.18 Å². The predicted molar refractivity (Wildman–Crippen MR) is 82.0 cm³/mol. The highest BCUT2D eigenvalue weighted by Gasteiger charge is 2.35. The zero-order chi connectivity index (χ0) is 16.6. The molecule has 1 saturated heterocycles. The number of halogens is 3. The number of hydrogen-bond donors (Lipinski definition) is 1. The summed E-state index contributed by atoms with van der Waals surface area (Å²) in [5.74, 6) is 1.72. The van der Waals surface area contributed by atoms with Gasteiger partial charge in [0.25, 0.3) is 0 Å². The van der Waals surface area contributed by atoms with E-state index in [4.69, 9.17) is 0 Å². The lowest BCUT2D eigenvalue weighted by molar-refractivity contribution is -0.140. The molecular weight excluding hydrogens is 329 g/mol. The molecule has 126 valence electrons. The van der Waals surface area contributed by atoms with Gasteiger partial charge in [-0.25, -0.2) is 4.98 Å². The van der Waals surface area contributed by atoms with Gasteiger partial charge in [-0.3, -0.25) is 5.10 Å². The lowest BCUT2D eigenvalue weighted by Gasteiger charge is -2.30. The average molecular weight is 346 g/mol. The van der Waals surface area contributed by atoms with Gasteiger partial charge in [-0.05, 0) is 12.8 Å². The molecule has 0 atom stereocenters. The fourth-order valence-corrected chi connectivity index (χ4v) is 3.42. The Hall–Kier alpha value is -1.84. The molecule has 0 spiro atoms. The molecule has 0 bridgehead atoms. The fourth-order valence-electron chi connectivity index (χ4n) is 2.53. The van der Waals surface area contributed by atoms with E-state index in [1.165, 1.54) is 0 Å². The van der Waals surface area contributed by atoms with Crippen molar-refractivity contribution in [1.29, 1.82) is 0 Å². The van der Waals surface area contributed by atoms with Crippen molar-refractivity contribution in [2.45, 2.75) is 24.9 Å². The first-order valence-corrected chi connectivity index (χ1v) is 8.10. The van der Waals surface area contributed by atoms with E-state index >= 15 is 0 Å². The number of hydrogen-bond acceptors (Lipinski definition) is 6. The van der Waals surface area contributed by atoms with Crippen LogP contribution in [0.4, 0.5) is 24.3 Å². The zero-order valence-corrected chi connectivity index (χ0v) is 13.6. The number of nitrogens with one attached hydrogen (secondary N) is 1. The molecule has 3 heterocycles. The van der Waals surface area contributed by atoms with Gasteiger partial charge in [0.15, 0.2) is 10.8 Å². The Morgan fingerprint density at radius 1 is 1.26 bits per heavy atom. The van der Waals surface area contributed by atoms with Crippen LogP contribution in [-0.2, 0) is 6.18 Å². The van der Waals surface area contributed by atoms with Crippen molar-refractivity contribution < 1.29 is 13.2 Å². The predicted octanol–water partition coefficient (Wildman–Crippen LogP) is 2.73. The Morgan fingerprint density at radius 2 is 1.96 bits per heavy atom. The van der Waals surface area contributed by atoms with Crippen molar-refractivity contribution in [2.24, 2.45) is 0 Å². The standard InChI is InChI=1S/C13H17F3N6S/c1-21(2)11-18-10(19-20-11)8-3-5-22(6-4-8)12-17-9(7-23-12)13(14,15)16/h7-8H,3-6H2,1-2H3,(H,18,19,20). The number of alkyl halides is 3. The van der Waals surface area contributed by atoms with E-state index in [1.54, 1.807) is 0 Å². The van der Waals surface area contributed by atoms with Crippen LogP contribution < -0.4 is 9.80 Å². The molecule has 2 aromatic heterocycles. The topological polar surface area (TPSA) is 60.9 Å². The van der Waals surface area contributed by atoms with Crippen LogP contribution >= 0.6 is 11.3 Å². The van der Waals surface area contributed by atoms with Crippen LogP contribution in [0.3, 0.4) is 0 Å². The maximum absolute atomic E-state index is 12.6. The van der Waals surface area contributed by atoms with Crippen LogP contribution in [0.1, 0.15) is 30.3 Å². The molecule has 6 nitrogen and oxygen atoms in total. The molecular formula is C13H17F3N6S. The Morgan fingerprint density at radius 3 is 2.48 bits per heavy atom. The van der Waals surface area contributed by atoms with E-state index in [0.29, 0.717) is 24.2 Å². The number of aromatic nitrogens is 4. The maximum atomic E-state index is 12.6. The Balaban J connectivity index is 1.63. The first-order chi connectivity index (χ1) is 10.8. The number of rotatable bonds is 3. The number of piperidine rings is 1. The van der Waals surface area contributed by atoms with Crippen LogP contribution in [-0.4, -0.2) is 47.4 Å². The van der Waals surface area contributed by atoms with Gasteiger partial charge in [0.1, 0.15) is 5.82 Å². The summed E-state index contributed by atoms with van der Waals surface area (Å²) < 4.78 is 37.9. The number of aromatic amines is 1. The summed E-state index contributed by atoms with van der Waals surface area (Å²) in [7, 11) is 3.74. The molecule has 23 heavy (non-hydrogen) atoms. The minimum absolute atomic E-state index is 0.245. The van der Waals surface area contributed by atoms with Crippen LogP contribution in [0.2, 0.25) is 0 Å². The highest BCUT2D eigenvalue weighted by molar-refractivity contribution is 7.13. The molecule has 0 aromatic carbocycles. The van der Waals surface area contributed by atoms with E-state index in [0.717, 1.165) is 35.4 Å². The molecule has 0 aliphatic carbocycles. The molecule has 3 rings (SSSR count). The van der Waals surface area contributed by atoms with E-state index in [-0.39, 0.29) is 5.92 Å². The van der Waals surface area contributed by atoms with E-state index < -0.39 is 11.9 Å². The third-order valence-corrected chi connectivity index (χ3v) is 4.73. The lowest BCUT2D eigenvalue weighted by atomic mass is 9.96. The molecule has 1 N–H and O–H groups in total. The Bertz CT molecular complexity index is 657. The van der Waals surface area contributed by atoms with E-state index in [1.807, 2.05) is 23.9 Å². The minimum atomic E-state index is -4.38. The van der Waals surface area contributed by atoms with Gasteiger partial charge in [0.2, 0.25) is 5.95 Å². The zero-order valence-electron chi connectivity index (χ0n) is 12.8. The van der Waals surface area contributed by atoms with E-state index in [9.17, 15) is 13.2 Å². The summed E-state index contributed by atoms with van der Waals surface area (Å²) in [6.07, 6.45) is -2.76. The lowest BCUT2D eigenvalue weighted by Crippen LogP contribution is -2.33. The van der Waals surface area contributed by atoms with E-state index in [2.05, 4.69) is 20.2 Å². The number of H-pyrrole nitrogens is 1. The largest absolute Gasteiger partial charge is 0.434 e. The molecule has 1 fully saturated rings. The molecule has 0 radical (unpaired) electrons. The molecule has 2 aromatic rings. The minimum Gasteiger partial charge on any atom is -0.348 e. The average Bonchev–Trinajstić information content (AvgIpc) is 3.16. The van der Waals surface area contributed by atoms with Gasteiger partial charge < -0.3 is 9.80 Å². The second kappa shape index (κ2) is 5.99. The molecule has 0 saturated carbocycles. The normalized spacial score (nSPS) is 16.8.